The number of hydrogen-bond acceptors (Lipinski definition) is 6. The minimum absolute atomic E-state index is 0.0907. The third-order valence-corrected chi connectivity index (χ3v) is 4.43. The number of fused-ring (bicyclic) bond motifs is 1. The summed E-state index contributed by atoms with van der Waals surface area (Å²) in [5, 5.41) is 4.28. The van der Waals surface area contributed by atoms with Crippen molar-refractivity contribution in [2.75, 3.05) is 26.2 Å². The zero-order chi connectivity index (χ0) is 18.3. The maximum absolute atomic E-state index is 12.7. The van der Waals surface area contributed by atoms with Crippen LogP contribution < -0.4 is 0 Å². The number of carbonyl (C=O) groups is 2. The van der Waals surface area contributed by atoms with Gasteiger partial charge in [-0.3, -0.25) is 9.59 Å². The highest BCUT2D eigenvalue weighted by molar-refractivity contribution is 5.94. The predicted molar refractivity (Wildman–Crippen MR) is 90.8 cm³/mol. The quantitative estimate of drug-likeness (QED) is 0.679. The fourth-order valence-electron chi connectivity index (χ4n) is 3.08. The van der Waals surface area contributed by atoms with E-state index in [0.717, 1.165) is 11.4 Å². The van der Waals surface area contributed by atoms with Crippen LogP contribution in [-0.2, 0) is 0 Å². The normalized spacial score (nSPS) is 14.8. The van der Waals surface area contributed by atoms with Gasteiger partial charge in [-0.2, -0.15) is 4.98 Å². The van der Waals surface area contributed by atoms with Crippen LogP contribution in [0.5, 0.6) is 0 Å². The van der Waals surface area contributed by atoms with Gasteiger partial charge in [-0.05, 0) is 26.0 Å². The molecule has 0 unspecified atom stereocenters. The lowest BCUT2D eigenvalue weighted by molar-refractivity contribution is 0.0528. The van der Waals surface area contributed by atoms with E-state index in [1.807, 2.05) is 19.9 Å². The summed E-state index contributed by atoms with van der Waals surface area (Å²) < 4.78 is 6.52. The Labute approximate surface area is 149 Å². The van der Waals surface area contributed by atoms with Crippen molar-refractivity contribution < 1.29 is 14.0 Å². The van der Waals surface area contributed by atoms with E-state index in [4.69, 9.17) is 4.42 Å². The number of rotatable bonds is 2. The molecular formula is C17H18N6O3. The van der Waals surface area contributed by atoms with Gasteiger partial charge in [0.1, 0.15) is 6.26 Å². The molecule has 3 aromatic rings. The molecule has 0 aliphatic carbocycles. The monoisotopic (exact) mass is 354 g/mol. The molecule has 9 heteroatoms. The van der Waals surface area contributed by atoms with Crippen LogP contribution in [0.1, 0.15) is 32.4 Å². The fourth-order valence-corrected chi connectivity index (χ4v) is 3.08. The van der Waals surface area contributed by atoms with Crippen molar-refractivity contribution in [1.29, 1.82) is 0 Å². The first-order valence-electron chi connectivity index (χ1n) is 8.35. The van der Waals surface area contributed by atoms with Crippen LogP contribution in [-0.4, -0.2) is 67.4 Å². The van der Waals surface area contributed by atoms with Crippen molar-refractivity contribution in [3.05, 3.63) is 47.4 Å². The minimum atomic E-state index is -0.247. The van der Waals surface area contributed by atoms with Crippen LogP contribution >= 0.6 is 0 Å². The third-order valence-electron chi connectivity index (χ3n) is 4.43. The number of hydrogen-bond donors (Lipinski definition) is 0. The third kappa shape index (κ3) is 2.81. The van der Waals surface area contributed by atoms with Crippen LogP contribution in [0, 0.1) is 13.8 Å². The second-order valence-corrected chi connectivity index (χ2v) is 6.28. The average molecular weight is 354 g/mol. The van der Waals surface area contributed by atoms with Gasteiger partial charge >= 0.3 is 0 Å². The van der Waals surface area contributed by atoms with E-state index < -0.39 is 0 Å². The van der Waals surface area contributed by atoms with E-state index in [0.29, 0.717) is 37.5 Å². The van der Waals surface area contributed by atoms with Gasteiger partial charge in [0.2, 0.25) is 5.82 Å². The highest BCUT2D eigenvalue weighted by Crippen LogP contribution is 2.12. The van der Waals surface area contributed by atoms with Crippen LogP contribution in [0.3, 0.4) is 0 Å². The number of amides is 2. The number of furan rings is 1. The van der Waals surface area contributed by atoms with Crippen molar-refractivity contribution in [2.45, 2.75) is 13.8 Å². The number of carbonyl (C=O) groups excluding carboxylic acids is 2. The molecule has 4 heterocycles. The van der Waals surface area contributed by atoms with Crippen molar-refractivity contribution in [3.8, 4) is 0 Å². The van der Waals surface area contributed by atoms with Gasteiger partial charge in [-0.15, -0.1) is 5.10 Å². The van der Waals surface area contributed by atoms with Gasteiger partial charge in [0.15, 0.2) is 0 Å². The molecule has 0 N–H and O–H groups in total. The number of aromatic nitrogens is 4. The Morgan fingerprint density at radius 2 is 1.73 bits per heavy atom. The summed E-state index contributed by atoms with van der Waals surface area (Å²) in [5.41, 5.74) is 2.21. The highest BCUT2D eigenvalue weighted by Gasteiger charge is 2.28. The number of aryl methyl sites for hydroxylation is 2. The summed E-state index contributed by atoms with van der Waals surface area (Å²) in [6, 6.07) is 3.52. The van der Waals surface area contributed by atoms with Gasteiger partial charge in [0, 0.05) is 37.6 Å². The molecule has 4 rings (SSSR count). The molecule has 0 aromatic carbocycles. The first kappa shape index (κ1) is 16.2. The van der Waals surface area contributed by atoms with Gasteiger partial charge in [-0.25, -0.2) is 9.50 Å². The van der Waals surface area contributed by atoms with E-state index in [1.165, 1.54) is 12.5 Å². The van der Waals surface area contributed by atoms with Crippen molar-refractivity contribution >= 4 is 17.6 Å². The van der Waals surface area contributed by atoms with E-state index in [1.54, 1.807) is 20.4 Å². The molecule has 0 atom stereocenters. The first-order chi connectivity index (χ1) is 12.5. The second-order valence-electron chi connectivity index (χ2n) is 6.28. The summed E-state index contributed by atoms with van der Waals surface area (Å²) in [5.74, 6) is 0.204. The lowest BCUT2D eigenvalue weighted by Crippen LogP contribution is -2.50. The lowest BCUT2D eigenvalue weighted by Gasteiger charge is -2.33. The van der Waals surface area contributed by atoms with Crippen LogP contribution in [0.4, 0.5) is 0 Å². The molecule has 1 saturated heterocycles. The Morgan fingerprint density at radius 1 is 1.04 bits per heavy atom. The first-order valence-corrected chi connectivity index (χ1v) is 8.35. The zero-order valence-corrected chi connectivity index (χ0v) is 14.5. The molecule has 1 aliphatic rings. The van der Waals surface area contributed by atoms with Gasteiger partial charge in [-0.1, -0.05) is 0 Å². The molecular weight excluding hydrogens is 336 g/mol. The molecule has 9 nitrogen and oxygen atoms in total. The number of piperazine rings is 1. The summed E-state index contributed by atoms with van der Waals surface area (Å²) in [6.45, 7) is 5.55. The molecule has 0 radical (unpaired) electrons. The SMILES string of the molecule is Cc1cc(C)n2nc(C(=O)N3CCN(C(=O)c4ccoc4)CC3)nc2n1. The van der Waals surface area contributed by atoms with Gasteiger partial charge in [0.25, 0.3) is 17.6 Å². The topological polar surface area (TPSA) is 96.8 Å². The minimum Gasteiger partial charge on any atom is -0.472 e. The van der Waals surface area contributed by atoms with Crippen LogP contribution in [0.25, 0.3) is 5.78 Å². The van der Waals surface area contributed by atoms with Gasteiger partial charge in [0.05, 0.1) is 11.8 Å². The van der Waals surface area contributed by atoms with Crippen molar-refractivity contribution in [2.24, 2.45) is 0 Å². The fraction of sp³-hybridized carbons (Fsp3) is 0.353. The van der Waals surface area contributed by atoms with E-state index in [9.17, 15) is 9.59 Å². The highest BCUT2D eigenvalue weighted by atomic mass is 16.3. The molecule has 0 saturated carbocycles. The Balaban J connectivity index is 1.47. The molecule has 2 amide bonds. The second kappa shape index (κ2) is 6.25. The standard InChI is InChI=1S/C17H18N6O3/c1-11-9-12(2)23-17(18-11)19-14(20-23)16(25)22-6-4-21(5-7-22)15(24)13-3-8-26-10-13/h3,8-10H,4-7H2,1-2H3. The Kier molecular flexibility index (Phi) is 3.90. The summed E-state index contributed by atoms with van der Waals surface area (Å²) in [6.07, 6.45) is 2.90. The average Bonchev–Trinajstić information content (AvgIpc) is 3.30. The summed E-state index contributed by atoms with van der Waals surface area (Å²) in [4.78, 5) is 37.0. The molecule has 0 spiro atoms. The Morgan fingerprint density at radius 3 is 2.38 bits per heavy atom. The lowest BCUT2D eigenvalue weighted by atomic mass is 10.2. The van der Waals surface area contributed by atoms with E-state index >= 15 is 0 Å². The largest absolute Gasteiger partial charge is 0.472 e. The van der Waals surface area contributed by atoms with E-state index in [2.05, 4.69) is 15.1 Å². The Hall–Kier alpha value is -3.23. The molecule has 0 bridgehead atoms. The summed E-state index contributed by atoms with van der Waals surface area (Å²) in [7, 11) is 0. The molecule has 3 aromatic heterocycles. The number of nitrogens with zero attached hydrogens (tertiary/aromatic N) is 6. The summed E-state index contributed by atoms with van der Waals surface area (Å²) >= 11 is 0. The van der Waals surface area contributed by atoms with Crippen LogP contribution in [0.15, 0.2) is 29.1 Å². The molecule has 26 heavy (non-hydrogen) atoms. The smallest absolute Gasteiger partial charge is 0.293 e. The Bertz CT molecular complexity index is 970. The predicted octanol–water partition coefficient (Wildman–Crippen LogP) is 0.932. The molecule has 134 valence electrons. The van der Waals surface area contributed by atoms with Crippen molar-refractivity contribution in [1.82, 2.24) is 29.4 Å². The maximum Gasteiger partial charge on any atom is 0.293 e. The maximum atomic E-state index is 12.7. The zero-order valence-electron chi connectivity index (χ0n) is 14.5. The van der Waals surface area contributed by atoms with Crippen LogP contribution in [0.2, 0.25) is 0 Å². The molecule has 1 fully saturated rings. The van der Waals surface area contributed by atoms with Crippen molar-refractivity contribution in [3.63, 3.8) is 0 Å². The van der Waals surface area contributed by atoms with E-state index in [-0.39, 0.29) is 17.6 Å². The molecule has 1 aliphatic heterocycles. The van der Waals surface area contributed by atoms with Gasteiger partial charge < -0.3 is 14.2 Å².